The number of hydrogen-bond acceptors (Lipinski definition) is 8. The van der Waals surface area contributed by atoms with E-state index in [1.54, 1.807) is 23.8 Å². The first kappa shape index (κ1) is 31.9. The lowest BCUT2D eigenvalue weighted by Gasteiger charge is -2.39. The molecule has 1 amide bonds. The Bertz CT molecular complexity index is 1630. The van der Waals surface area contributed by atoms with Gasteiger partial charge in [0.05, 0.1) is 12.6 Å². The largest absolute Gasteiger partial charge is 0.497 e. The molecule has 3 heterocycles. The number of methoxy groups -OCH3 is 1. The van der Waals surface area contributed by atoms with Gasteiger partial charge in [-0.05, 0) is 75.1 Å². The summed E-state index contributed by atoms with van der Waals surface area (Å²) in [6.07, 6.45) is 3.63. The Balaban J connectivity index is 1.29. The van der Waals surface area contributed by atoms with E-state index < -0.39 is 11.6 Å². The lowest BCUT2D eigenvalue weighted by atomic mass is 10.0. The number of carboxylic acids is 1. The average molecular weight is 620 g/mol. The van der Waals surface area contributed by atoms with Gasteiger partial charge in [-0.3, -0.25) is 4.79 Å². The van der Waals surface area contributed by atoms with Crippen molar-refractivity contribution in [2.24, 2.45) is 0 Å². The van der Waals surface area contributed by atoms with Crippen molar-refractivity contribution in [1.29, 1.82) is 0 Å². The minimum absolute atomic E-state index is 0.0163. The van der Waals surface area contributed by atoms with E-state index in [1.807, 2.05) is 49.9 Å². The van der Waals surface area contributed by atoms with Crippen molar-refractivity contribution in [3.63, 3.8) is 0 Å². The van der Waals surface area contributed by atoms with Crippen molar-refractivity contribution < 1.29 is 33.6 Å². The molecule has 3 aromatic rings. The van der Waals surface area contributed by atoms with Crippen LogP contribution in [0.5, 0.6) is 17.2 Å². The van der Waals surface area contributed by atoms with Gasteiger partial charge in [0, 0.05) is 62.4 Å². The zero-order chi connectivity index (χ0) is 32.1. The van der Waals surface area contributed by atoms with Gasteiger partial charge in [0.1, 0.15) is 24.6 Å². The summed E-state index contributed by atoms with van der Waals surface area (Å²) in [7, 11) is 1.57. The maximum Gasteiger partial charge on any atom is 0.410 e. The molecule has 0 unspecified atom stereocenters. The third kappa shape index (κ3) is 7.96. The second kappa shape index (κ2) is 13.6. The van der Waals surface area contributed by atoms with E-state index in [1.165, 1.54) is 12.1 Å². The van der Waals surface area contributed by atoms with Crippen molar-refractivity contribution in [2.75, 3.05) is 40.0 Å². The van der Waals surface area contributed by atoms with Crippen molar-refractivity contribution in [1.82, 2.24) is 14.4 Å². The van der Waals surface area contributed by atoms with E-state index in [2.05, 4.69) is 4.90 Å². The van der Waals surface area contributed by atoms with Crippen LogP contribution in [0.1, 0.15) is 44.7 Å². The van der Waals surface area contributed by atoms with Crippen LogP contribution in [0.3, 0.4) is 0 Å². The molecule has 0 radical (unpaired) electrons. The van der Waals surface area contributed by atoms with Crippen LogP contribution >= 0.6 is 0 Å². The molecule has 0 saturated carbocycles. The van der Waals surface area contributed by atoms with Crippen LogP contribution in [-0.4, -0.2) is 83.1 Å². The van der Waals surface area contributed by atoms with E-state index in [-0.39, 0.29) is 17.7 Å². The average Bonchev–Trinajstić information content (AvgIpc) is 3.01. The Morgan fingerprint density at radius 3 is 2.44 bits per heavy atom. The van der Waals surface area contributed by atoms with Crippen LogP contribution in [0, 0.1) is 0 Å². The minimum Gasteiger partial charge on any atom is -0.497 e. The molecule has 2 aliphatic rings. The number of aromatic nitrogens is 1. The highest BCUT2D eigenvalue weighted by Crippen LogP contribution is 2.32. The second-order valence-electron chi connectivity index (χ2n) is 12.3. The third-order valence-electron chi connectivity index (χ3n) is 7.98. The van der Waals surface area contributed by atoms with Crippen molar-refractivity contribution >= 4 is 29.0 Å². The van der Waals surface area contributed by atoms with Crippen LogP contribution < -0.4 is 19.8 Å². The molecule has 11 nitrogen and oxygen atoms in total. The highest BCUT2D eigenvalue weighted by Gasteiger charge is 2.31. The van der Waals surface area contributed by atoms with Crippen LogP contribution in [0.15, 0.2) is 53.3 Å². The summed E-state index contributed by atoms with van der Waals surface area (Å²) in [5.41, 5.74) is 1.32. The van der Waals surface area contributed by atoms with Gasteiger partial charge in [0.25, 0.3) is 5.56 Å². The molecule has 2 aromatic carbocycles. The topological polar surface area (TPSA) is 120 Å². The Morgan fingerprint density at radius 1 is 1.02 bits per heavy atom. The van der Waals surface area contributed by atoms with E-state index in [0.29, 0.717) is 61.2 Å². The van der Waals surface area contributed by atoms with Crippen LogP contribution in [0.4, 0.5) is 4.79 Å². The normalized spacial score (nSPS) is 15.7. The van der Waals surface area contributed by atoms with E-state index in [0.717, 1.165) is 43.0 Å². The molecule has 45 heavy (non-hydrogen) atoms. The predicted octanol–water partition coefficient (Wildman–Crippen LogP) is 4.78. The highest BCUT2D eigenvalue weighted by molar-refractivity contribution is 5.93. The first-order valence-electron chi connectivity index (χ1n) is 15.2. The van der Waals surface area contributed by atoms with Gasteiger partial charge in [0.2, 0.25) is 0 Å². The number of benzene rings is 2. The Kier molecular flexibility index (Phi) is 9.67. The highest BCUT2D eigenvalue weighted by atomic mass is 16.6. The predicted molar refractivity (Wildman–Crippen MR) is 170 cm³/mol. The molecule has 5 rings (SSSR count). The first-order valence-corrected chi connectivity index (χ1v) is 15.2. The molecular formula is C34H41N3O8. The van der Waals surface area contributed by atoms with Crippen molar-refractivity contribution in [3.05, 3.63) is 70.0 Å². The van der Waals surface area contributed by atoms with Crippen LogP contribution in [0.25, 0.3) is 17.0 Å². The molecule has 11 heteroatoms. The van der Waals surface area contributed by atoms with Crippen LogP contribution in [0.2, 0.25) is 0 Å². The molecule has 0 spiro atoms. The molecule has 0 bridgehead atoms. The fourth-order valence-electron chi connectivity index (χ4n) is 5.78. The third-order valence-corrected chi connectivity index (χ3v) is 7.98. The number of aliphatic carboxylic acids is 1. The zero-order valence-corrected chi connectivity index (χ0v) is 26.3. The van der Waals surface area contributed by atoms with Gasteiger partial charge in [-0.2, -0.15) is 0 Å². The van der Waals surface area contributed by atoms with E-state index in [4.69, 9.17) is 24.1 Å². The van der Waals surface area contributed by atoms with Gasteiger partial charge in [-0.1, -0.05) is 6.07 Å². The van der Waals surface area contributed by atoms with E-state index >= 15 is 0 Å². The lowest BCUT2D eigenvalue weighted by molar-refractivity contribution is -0.131. The molecule has 1 saturated heterocycles. The Hall–Kier alpha value is -4.51. The van der Waals surface area contributed by atoms with Crippen molar-refractivity contribution in [3.8, 4) is 17.2 Å². The number of ether oxygens (including phenoxy) is 4. The van der Waals surface area contributed by atoms with Gasteiger partial charge in [-0.25, -0.2) is 9.59 Å². The number of nitrogens with zero attached hydrogens (tertiary/aromatic N) is 3. The number of carbonyl (C=O) groups excluding carboxylic acids is 1. The van der Waals surface area contributed by atoms with Crippen LogP contribution in [-0.2, 0) is 22.6 Å². The molecular weight excluding hydrogens is 578 g/mol. The monoisotopic (exact) mass is 619 g/mol. The fraction of sp³-hybridized carbons (Fsp3) is 0.441. The number of pyridine rings is 1. The molecule has 0 aliphatic carbocycles. The van der Waals surface area contributed by atoms with Gasteiger partial charge in [0.15, 0.2) is 11.5 Å². The summed E-state index contributed by atoms with van der Waals surface area (Å²) < 4.78 is 24.4. The summed E-state index contributed by atoms with van der Waals surface area (Å²) >= 11 is 0. The van der Waals surface area contributed by atoms with E-state index in [9.17, 15) is 14.4 Å². The number of hydrogen-bond donors (Lipinski definition) is 1. The number of likely N-dealkylation sites (tertiary alicyclic amines) is 1. The molecule has 2 aliphatic heterocycles. The number of piperidine rings is 1. The molecule has 1 aromatic heterocycles. The lowest BCUT2D eigenvalue weighted by Crippen LogP contribution is -2.49. The summed E-state index contributed by atoms with van der Waals surface area (Å²) in [5, 5.41) is 9.86. The Morgan fingerprint density at radius 2 is 1.76 bits per heavy atom. The number of fused-ring (bicyclic) bond motifs is 2. The molecule has 1 N–H and O–H groups in total. The maximum absolute atomic E-state index is 13.4. The van der Waals surface area contributed by atoms with Gasteiger partial charge in [-0.15, -0.1) is 0 Å². The molecule has 240 valence electrons. The SMILES string of the molecule is COc1ccc2c(C=CC(=O)O)cc(=O)n(CCN3CCC(N(Cc4ccc5c(c4)OCCO5)C(=O)OC(C)(C)C)CC3)c2c1. The summed E-state index contributed by atoms with van der Waals surface area (Å²) in [5.74, 6) is 0.916. The number of carbonyl (C=O) groups is 2. The summed E-state index contributed by atoms with van der Waals surface area (Å²) in [6, 6.07) is 12.7. The Labute approximate surface area is 262 Å². The van der Waals surface area contributed by atoms with Gasteiger partial charge >= 0.3 is 12.1 Å². The first-order chi connectivity index (χ1) is 21.5. The fourth-order valence-corrected chi connectivity index (χ4v) is 5.78. The summed E-state index contributed by atoms with van der Waals surface area (Å²) in [6.45, 7) is 9.59. The standard InChI is InChI=1S/C34H41N3O8/c1-34(2,3)45-33(41)37(22-23-5-9-29-30(19-23)44-18-17-43-29)25-11-13-35(14-12-25)15-16-36-28-21-26(42-4)7-8-27(28)24(20-31(36)38)6-10-32(39)40/h5-10,19-21,25H,11-18,22H2,1-4H3,(H,39,40). The smallest absolute Gasteiger partial charge is 0.410 e. The minimum atomic E-state index is -1.08. The molecule has 1 fully saturated rings. The van der Waals surface area contributed by atoms with Crippen molar-refractivity contribution in [2.45, 2.75) is 58.3 Å². The summed E-state index contributed by atoms with van der Waals surface area (Å²) in [4.78, 5) is 41.9. The van der Waals surface area contributed by atoms with Gasteiger partial charge < -0.3 is 38.4 Å². The quantitative estimate of drug-likeness (QED) is 0.338. The molecule has 0 atom stereocenters. The second-order valence-corrected chi connectivity index (χ2v) is 12.3. The maximum atomic E-state index is 13.4. The number of carboxylic acid groups (broad SMARTS) is 1. The zero-order valence-electron chi connectivity index (χ0n) is 26.3. The number of amides is 1. The number of rotatable bonds is 9.